The van der Waals surface area contributed by atoms with E-state index in [0.717, 1.165) is 64.0 Å². The lowest BCUT2D eigenvalue weighted by atomic mass is 9.73. The third-order valence-electron chi connectivity index (χ3n) is 6.72. The van der Waals surface area contributed by atoms with Gasteiger partial charge < -0.3 is 14.6 Å². The molecule has 1 aliphatic heterocycles. The van der Waals surface area contributed by atoms with Crippen molar-refractivity contribution in [3.05, 3.63) is 39.9 Å². The lowest BCUT2D eigenvalue weighted by molar-refractivity contribution is -0.143. The van der Waals surface area contributed by atoms with E-state index < -0.39 is 11.4 Å². The number of carboxylic acid groups (broad SMARTS) is 1. The summed E-state index contributed by atoms with van der Waals surface area (Å²) in [6.45, 7) is 6.06. The van der Waals surface area contributed by atoms with Gasteiger partial charge in [0, 0.05) is 16.0 Å². The fourth-order valence-electron chi connectivity index (χ4n) is 5.26. The zero-order valence-electron chi connectivity index (χ0n) is 18.2. The van der Waals surface area contributed by atoms with E-state index in [2.05, 4.69) is 0 Å². The van der Waals surface area contributed by atoms with Gasteiger partial charge in [-0.3, -0.25) is 4.79 Å². The molecule has 1 aromatic carbocycles. The topological polar surface area (TPSA) is 68.7 Å². The predicted octanol–water partition coefficient (Wildman–Crippen LogP) is 6.02. The first kappa shape index (κ1) is 20.3. The van der Waals surface area contributed by atoms with Crippen LogP contribution < -0.4 is 9.47 Å². The van der Waals surface area contributed by atoms with Gasteiger partial charge in [0.2, 0.25) is 6.79 Å². The molecule has 2 aromatic heterocycles. The number of ether oxygens (including phenoxy) is 2. The summed E-state index contributed by atoms with van der Waals surface area (Å²) in [6, 6.07) is 5.97. The summed E-state index contributed by atoms with van der Waals surface area (Å²) in [5.74, 6) is 0.640. The van der Waals surface area contributed by atoms with Gasteiger partial charge in [-0.1, -0.05) is 19.4 Å². The second-order valence-corrected chi connectivity index (χ2v) is 9.88. The normalized spacial score (nSPS) is 16.9. The van der Waals surface area contributed by atoms with E-state index in [1.54, 1.807) is 11.3 Å². The van der Waals surface area contributed by atoms with Gasteiger partial charge in [-0.15, -0.1) is 11.3 Å². The zero-order chi connectivity index (χ0) is 21.8. The lowest BCUT2D eigenvalue weighted by Gasteiger charge is -2.30. The molecule has 0 amide bonds. The van der Waals surface area contributed by atoms with E-state index in [1.807, 2.05) is 39.0 Å². The summed E-state index contributed by atoms with van der Waals surface area (Å²) in [5, 5.41) is 11.5. The molecule has 5 nitrogen and oxygen atoms in total. The second-order valence-electron chi connectivity index (χ2n) is 8.79. The Balaban J connectivity index is 1.89. The quantitative estimate of drug-likeness (QED) is 0.528. The number of nitrogens with zero attached hydrogens (tertiary/aromatic N) is 1. The van der Waals surface area contributed by atoms with E-state index in [9.17, 15) is 9.90 Å². The number of aromatic nitrogens is 1. The summed E-state index contributed by atoms with van der Waals surface area (Å²) < 4.78 is 11.2. The Labute approximate surface area is 186 Å². The Morgan fingerprint density at radius 3 is 2.77 bits per heavy atom. The molecule has 0 fully saturated rings. The first-order valence-corrected chi connectivity index (χ1v) is 11.8. The van der Waals surface area contributed by atoms with Crippen LogP contribution in [-0.4, -0.2) is 22.9 Å². The Kier molecular flexibility index (Phi) is 4.93. The van der Waals surface area contributed by atoms with Crippen molar-refractivity contribution < 1.29 is 19.4 Å². The van der Waals surface area contributed by atoms with Crippen LogP contribution in [0, 0.1) is 6.92 Å². The van der Waals surface area contributed by atoms with Crippen LogP contribution in [0.3, 0.4) is 0 Å². The van der Waals surface area contributed by atoms with Crippen molar-refractivity contribution in [1.82, 2.24) is 4.98 Å². The smallest absolute Gasteiger partial charge is 0.313 e. The largest absolute Gasteiger partial charge is 0.481 e. The molecule has 3 aromatic rings. The maximum Gasteiger partial charge on any atom is 0.313 e. The van der Waals surface area contributed by atoms with Crippen molar-refractivity contribution in [3.8, 4) is 22.6 Å². The number of fused-ring (bicyclic) bond motifs is 4. The van der Waals surface area contributed by atoms with E-state index in [4.69, 9.17) is 14.5 Å². The summed E-state index contributed by atoms with van der Waals surface area (Å²) >= 11 is 1.77. The number of thiophene rings is 1. The number of carboxylic acids is 1. The molecule has 2 aliphatic rings. The van der Waals surface area contributed by atoms with Crippen molar-refractivity contribution in [2.75, 3.05) is 6.79 Å². The standard InChI is InChI=1S/C25H27NO4S/c1-4-11-25(3,24(27)28)22-14(2)26-23-21(16-7-5-6-8-19(16)31-23)20(22)15-9-10-17-18(12-15)30-13-29-17/h9-10,12H,4-8,11,13H2,1-3H3,(H,27,28). The molecule has 1 N–H and O–H groups in total. The number of benzene rings is 1. The van der Waals surface area contributed by atoms with E-state index in [0.29, 0.717) is 12.2 Å². The highest BCUT2D eigenvalue weighted by molar-refractivity contribution is 7.19. The number of aryl methyl sites for hydroxylation is 3. The number of hydrogen-bond donors (Lipinski definition) is 1. The van der Waals surface area contributed by atoms with Gasteiger partial charge in [0.15, 0.2) is 11.5 Å². The Morgan fingerprint density at radius 2 is 2.00 bits per heavy atom. The van der Waals surface area contributed by atoms with Crippen LogP contribution in [-0.2, 0) is 23.1 Å². The van der Waals surface area contributed by atoms with Crippen LogP contribution >= 0.6 is 11.3 Å². The molecule has 1 aliphatic carbocycles. The molecule has 0 radical (unpaired) electrons. The molecular formula is C25H27NO4S. The third kappa shape index (κ3) is 3.11. The van der Waals surface area contributed by atoms with Crippen LogP contribution in [0.4, 0.5) is 0 Å². The highest BCUT2D eigenvalue weighted by Gasteiger charge is 2.40. The predicted molar refractivity (Wildman–Crippen MR) is 122 cm³/mol. The number of rotatable bonds is 5. The van der Waals surface area contributed by atoms with Crippen LogP contribution in [0.2, 0.25) is 0 Å². The summed E-state index contributed by atoms with van der Waals surface area (Å²) in [6.07, 6.45) is 5.80. The minimum absolute atomic E-state index is 0.215. The number of carbonyl (C=O) groups is 1. The highest BCUT2D eigenvalue weighted by Crippen LogP contribution is 2.48. The number of hydrogen-bond acceptors (Lipinski definition) is 5. The number of aliphatic carboxylic acids is 1. The summed E-state index contributed by atoms with van der Waals surface area (Å²) in [4.78, 5) is 20.0. The fraction of sp³-hybridized carbons (Fsp3) is 0.440. The van der Waals surface area contributed by atoms with Gasteiger partial charge in [-0.25, -0.2) is 4.98 Å². The number of pyridine rings is 1. The first-order valence-electron chi connectivity index (χ1n) is 11.0. The van der Waals surface area contributed by atoms with E-state index >= 15 is 0 Å². The molecule has 6 heteroatoms. The summed E-state index contributed by atoms with van der Waals surface area (Å²) in [7, 11) is 0. The highest BCUT2D eigenvalue weighted by atomic mass is 32.1. The van der Waals surface area contributed by atoms with Crippen LogP contribution in [0.15, 0.2) is 18.2 Å². The first-order chi connectivity index (χ1) is 14.9. The average Bonchev–Trinajstić information content (AvgIpc) is 3.36. The molecule has 0 saturated carbocycles. The van der Waals surface area contributed by atoms with Gasteiger partial charge >= 0.3 is 5.97 Å². The molecule has 1 unspecified atom stereocenters. The average molecular weight is 438 g/mol. The van der Waals surface area contributed by atoms with Crippen LogP contribution in [0.1, 0.15) is 61.2 Å². The minimum atomic E-state index is -1.02. The van der Waals surface area contributed by atoms with Crippen molar-refractivity contribution >= 4 is 27.5 Å². The van der Waals surface area contributed by atoms with Gasteiger partial charge in [0.1, 0.15) is 4.83 Å². The molecule has 1 atom stereocenters. The molecule has 31 heavy (non-hydrogen) atoms. The van der Waals surface area contributed by atoms with Gasteiger partial charge in [-0.05, 0) is 80.3 Å². The molecule has 0 saturated heterocycles. The minimum Gasteiger partial charge on any atom is -0.481 e. The second kappa shape index (κ2) is 7.52. The molecule has 5 rings (SSSR count). The van der Waals surface area contributed by atoms with Crippen molar-refractivity contribution in [2.24, 2.45) is 0 Å². The van der Waals surface area contributed by atoms with E-state index in [-0.39, 0.29) is 6.79 Å². The maximum absolute atomic E-state index is 12.6. The Morgan fingerprint density at radius 1 is 1.23 bits per heavy atom. The molecule has 162 valence electrons. The van der Waals surface area contributed by atoms with Crippen molar-refractivity contribution in [3.63, 3.8) is 0 Å². The lowest BCUT2D eigenvalue weighted by Crippen LogP contribution is -2.34. The fourth-order valence-corrected chi connectivity index (χ4v) is 6.57. The van der Waals surface area contributed by atoms with Gasteiger partial charge in [0.05, 0.1) is 5.41 Å². The zero-order valence-corrected chi connectivity index (χ0v) is 19.0. The summed E-state index contributed by atoms with van der Waals surface area (Å²) in [5.41, 5.74) is 3.96. The third-order valence-corrected chi connectivity index (χ3v) is 7.90. The molecular weight excluding hydrogens is 410 g/mol. The molecule has 0 spiro atoms. The van der Waals surface area contributed by atoms with Gasteiger partial charge in [-0.2, -0.15) is 0 Å². The monoisotopic (exact) mass is 437 g/mol. The van der Waals surface area contributed by atoms with Gasteiger partial charge in [0.25, 0.3) is 0 Å². The maximum atomic E-state index is 12.6. The van der Waals surface area contributed by atoms with Crippen LogP contribution in [0.25, 0.3) is 21.3 Å². The van der Waals surface area contributed by atoms with Crippen LogP contribution in [0.5, 0.6) is 11.5 Å². The Bertz CT molecular complexity index is 1200. The van der Waals surface area contributed by atoms with Crippen molar-refractivity contribution in [1.29, 1.82) is 0 Å². The SMILES string of the molecule is CCCC(C)(C(=O)O)c1c(C)nc2sc3c(c2c1-c1ccc2c(c1)OCO2)CCCC3. The molecule has 3 heterocycles. The van der Waals surface area contributed by atoms with E-state index in [1.165, 1.54) is 16.9 Å². The van der Waals surface area contributed by atoms with Crippen molar-refractivity contribution in [2.45, 2.75) is 64.7 Å². The Hall–Kier alpha value is -2.60. The molecule has 0 bridgehead atoms.